The van der Waals surface area contributed by atoms with Gasteiger partial charge in [-0.25, -0.2) is 0 Å². The minimum Gasteiger partial charge on any atom is -0.355 e. The predicted molar refractivity (Wildman–Crippen MR) is 55.5 cm³/mol. The summed E-state index contributed by atoms with van der Waals surface area (Å²) in [5.74, 6) is 3.03. The quantitative estimate of drug-likeness (QED) is 0.534. The van der Waals surface area contributed by atoms with Crippen LogP contribution in [-0.2, 0) is 4.79 Å². The van der Waals surface area contributed by atoms with E-state index in [1.54, 1.807) is 0 Å². The maximum atomic E-state index is 11.5. The monoisotopic (exact) mass is 191 g/mol. The standard InChI is InChI=1S/C12H17NO/c1-2-3-7-13-11(14)10-8-12(9-10)5-4-6-12/h1,10H,3-9H2,(H,13,14). The summed E-state index contributed by atoms with van der Waals surface area (Å²) in [6.45, 7) is 0.638. The Morgan fingerprint density at radius 1 is 1.50 bits per heavy atom. The second-order valence-electron chi connectivity index (χ2n) is 4.70. The van der Waals surface area contributed by atoms with Crippen LogP contribution in [0.5, 0.6) is 0 Å². The number of amides is 1. The highest BCUT2D eigenvalue weighted by Gasteiger charge is 2.50. The Morgan fingerprint density at radius 3 is 2.71 bits per heavy atom. The molecule has 2 saturated carbocycles. The van der Waals surface area contributed by atoms with Crippen LogP contribution in [0.4, 0.5) is 0 Å². The fourth-order valence-corrected chi connectivity index (χ4v) is 2.66. The molecule has 0 radical (unpaired) electrons. The molecule has 14 heavy (non-hydrogen) atoms. The van der Waals surface area contributed by atoms with Crippen molar-refractivity contribution in [3.05, 3.63) is 0 Å². The molecule has 2 fully saturated rings. The van der Waals surface area contributed by atoms with E-state index in [1.165, 1.54) is 19.3 Å². The van der Waals surface area contributed by atoms with Gasteiger partial charge in [0.15, 0.2) is 0 Å². The maximum Gasteiger partial charge on any atom is 0.223 e. The Morgan fingerprint density at radius 2 is 2.21 bits per heavy atom. The van der Waals surface area contributed by atoms with E-state index in [2.05, 4.69) is 11.2 Å². The van der Waals surface area contributed by atoms with Crippen LogP contribution < -0.4 is 5.32 Å². The molecule has 0 saturated heterocycles. The summed E-state index contributed by atoms with van der Waals surface area (Å²) < 4.78 is 0. The van der Waals surface area contributed by atoms with Crippen LogP contribution in [0.15, 0.2) is 0 Å². The second kappa shape index (κ2) is 3.65. The normalized spacial score (nSPS) is 23.4. The van der Waals surface area contributed by atoms with E-state index in [0.717, 1.165) is 12.8 Å². The van der Waals surface area contributed by atoms with Gasteiger partial charge in [0.25, 0.3) is 0 Å². The lowest BCUT2D eigenvalue weighted by atomic mass is 9.51. The molecular formula is C12H17NO. The fourth-order valence-electron chi connectivity index (χ4n) is 2.66. The molecule has 1 spiro atoms. The minimum atomic E-state index is 0.220. The lowest BCUT2D eigenvalue weighted by Gasteiger charge is -2.53. The van der Waals surface area contributed by atoms with Crippen molar-refractivity contribution in [2.24, 2.45) is 11.3 Å². The predicted octanol–water partition coefficient (Wildman–Crippen LogP) is 1.71. The lowest BCUT2D eigenvalue weighted by Crippen LogP contribution is -2.49. The van der Waals surface area contributed by atoms with Gasteiger partial charge in [0.05, 0.1) is 0 Å². The third-order valence-corrected chi connectivity index (χ3v) is 3.71. The molecule has 0 unspecified atom stereocenters. The molecular weight excluding hydrogens is 174 g/mol. The van der Waals surface area contributed by atoms with Crippen LogP contribution in [0.2, 0.25) is 0 Å². The molecule has 2 aliphatic carbocycles. The van der Waals surface area contributed by atoms with Crippen molar-refractivity contribution in [2.75, 3.05) is 6.54 Å². The van der Waals surface area contributed by atoms with Crippen molar-refractivity contribution < 1.29 is 4.79 Å². The number of nitrogens with one attached hydrogen (secondary N) is 1. The van der Waals surface area contributed by atoms with Gasteiger partial charge in [-0.05, 0) is 31.1 Å². The summed E-state index contributed by atoms with van der Waals surface area (Å²) in [7, 11) is 0. The van der Waals surface area contributed by atoms with Crippen molar-refractivity contribution in [2.45, 2.75) is 38.5 Å². The largest absolute Gasteiger partial charge is 0.355 e. The summed E-state index contributed by atoms with van der Waals surface area (Å²) in [6, 6.07) is 0. The average molecular weight is 191 g/mol. The van der Waals surface area contributed by atoms with Gasteiger partial charge in [-0.2, -0.15) is 0 Å². The zero-order valence-electron chi connectivity index (χ0n) is 8.51. The Balaban J connectivity index is 1.66. The molecule has 76 valence electrons. The molecule has 0 atom stereocenters. The van der Waals surface area contributed by atoms with Crippen LogP contribution in [0, 0.1) is 23.7 Å². The first-order valence-electron chi connectivity index (χ1n) is 5.47. The van der Waals surface area contributed by atoms with E-state index in [0.29, 0.717) is 18.4 Å². The summed E-state index contributed by atoms with van der Waals surface area (Å²) >= 11 is 0. The van der Waals surface area contributed by atoms with E-state index >= 15 is 0 Å². The highest BCUT2D eigenvalue weighted by Crippen LogP contribution is 2.58. The third kappa shape index (κ3) is 1.64. The van der Waals surface area contributed by atoms with Crippen LogP contribution in [0.3, 0.4) is 0 Å². The molecule has 2 nitrogen and oxygen atoms in total. The maximum absolute atomic E-state index is 11.5. The molecule has 2 aliphatic rings. The number of carbonyl (C=O) groups is 1. The van der Waals surface area contributed by atoms with Crippen molar-refractivity contribution in [1.82, 2.24) is 5.32 Å². The molecule has 2 rings (SSSR count). The number of carbonyl (C=O) groups excluding carboxylic acids is 1. The first-order valence-corrected chi connectivity index (χ1v) is 5.47. The van der Waals surface area contributed by atoms with Crippen molar-refractivity contribution in [3.63, 3.8) is 0 Å². The summed E-state index contributed by atoms with van der Waals surface area (Å²) in [5, 5.41) is 2.89. The van der Waals surface area contributed by atoms with Crippen molar-refractivity contribution >= 4 is 5.91 Å². The van der Waals surface area contributed by atoms with Crippen molar-refractivity contribution in [3.8, 4) is 12.3 Å². The SMILES string of the molecule is C#CCCNC(=O)C1CC2(CCC2)C1. The zero-order chi connectivity index (χ0) is 10.0. The lowest BCUT2D eigenvalue weighted by molar-refractivity contribution is -0.136. The van der Waals surface area contributed by atoms with Crippen LogP contribution in [0.25, 0.3) is 0 Å². The van der Waals surface area contributed by atoms with Crippen molar-refractivity contribution in [1.29, 1.82) is 0 Å². The summed E-state index contributed by atoms with van der Waals surface area (Å²) in [6.07, 6.45) is 12.1. The van der Waals surface area contributed by atoms with Gasteiger partial charge in [0.2, 0.25) is 5.91 Å². The summed E-state index contributed by atoms with van der Waals surface area (Å²) in [5.41, 5.74) is 0.591. The van der Waals surface area contributed by atoms with Crippen LogP contribution >= 0.6 is 0 Å². The van der Waals surface area contributed by atoms with Gasteiger partial charge in [-0.3, -0.25) is 4.79 Å². The molecule has 2 heteroatoms. The van der Waals surface area contributed by atoms with Gasteiger partial charge in [-0.1, -0.05) is 6.42 Å². The first-order chi connectivity index (χ1) is 6.76. The molecule has 0 aliphatic heterocycles. The molecule has 0 bridgehead atoms. The Labute approximate surface area is 85.5 Å². The first kappa shape index (κ1) is 9.58. The van der Waals surface area contributed by atoms with E-state index in [-0.39, 0.29) is 11.8 Å². The smallest absolute Gasteiger partial charge is 0.223 e. The average Bonchev–Trinajstić information content (AvgIpc) is 1.99. The second-order valence-corrected chi connectivity index (χ2v) is 4.70. The number of terminal acetylenes is 1. The van der Waals surface area contributed by atoms with E-state index in [9.17, 15) is 4.79 Å². The van der Waals surface area contributed by atoms with Gasteiger partial charge in [-0.15, -0.1) is 12.3 Å². The van der Waals surface area contributed by atoms with Gasteiger partial charge < -0.3 is 5.32 Å². The zero-order valence-corrected chi connectivity index (χ0v) is 8.51. The Bertz CT molecular complexity index is 265. The number of hydrogen-bond acceptors (Lipinski definition) is 1. The molecule has 1 amide bonds. The van der Waals surface area contributed by atoms with Crippen LogP contribution in [-0.4, -0.2) is 12.5 Å². The van der Waals surface area contributed by atoms with Crippen LogP contribution in [0.1, 0.15) is 38.5 Å². The van der Waals surface area contributed by atoms with E-state index in [1.807, 2.05) is 0 Å². The van der Waals surface area contributed by atoms with E-state index in [4.69, 9.17) is 6.42 Å². The Hall–Kier alpha value is -0.970. The molecule has 0 aromatic heterocycles. The molecule has 0 heterocycles. The molecule has 1 N–H and O–H groups in total. The molecule has 0 aromatic rings. The van der Waals surface area contributed by atoms with Gasteiger partial charge >= 0.3 is 0 Å². The van der Waals surface area contributed by atoms with Gasteiger partial charge in [0.1, 0.15) is 0 Å². The highest BCUT2D eigenvalue weighted by atomic mass is 16.1. The Kier molecular flexibility index (Phi) is 2.50. The third-order valence-electron chi connectivity index (χ3n) is 3.71. The van der Waals surface area contributed by atoms with Gasteiger partial charge in [0, 0.05) is 18.9 Å². The minimum absolute atomic E-state index is 0.220. The summed E-state index contributed by atoms with van der Waals surface area (Å²) in [4.78, 5) is 11.5. The highest BCUT2D eigenvalue weighted by molar-refractivity contribution is 5.79. The number of hydrogen-bond donors (Lipinski definition) is 1. The molecule has 0 aromatic carbocycles. The number of rotatable bonds is 3. The topological polar surface area (TPSA) is 29.1 Å². The van der Waals surface area contributed by atoms with E-state index < -0.39 is 0 Å². The fraction of sp³-hybridized carbons (Fsp3) is 0.750.